The number of amides is 1. The number of fused-ring (bicyclic) bond motifs is 1. The van der Waals surface area contributed by atoms with Gasteiger partial charge < -0.3 is 14.9 Å². The van der Waals surface area contributed by atoms with Gasteiger partial charge in [-0.3, -0.25) is 9.69 Å². The second-order valence-corrected chi connectivity index (χ2v) is 8.06. The van der Waals surface area contributed by atoms with Crippen LogP contribution in [0.5, 0.6) is 0 Å². The Labute approximate surface area is 175 Å². The second kappa shape index (κ2) is 8.70. The van der Waals surface area contributed by atoms with Crippen molar-refractivity contribution >= 4 is 17.3 Å². The van der Waals surface area contributed by atoms with Crippen LogP contribution in [0.15, 0.2) is 36.4 Å². The molecule has 0 saturated carbocycles. The fraction of sp³-hybridized carbons (Fsp3) is 0.435. The summed E-state index contributed by atoms with van der Waals surface area (Å²) in [6.07, 6.45) is 1.20. The number of rotatable bonds is 4. The number of β-amino-alcohol motifs (C(OH)–C–C–N with tert-alkyl or cyclic N) is 1. The number of aryl methyl sites for hydroxylation is 1. The Hall–Kier alpha value is -2.51. The lowest BCUT2D eigenvalue weighted by atomic mass is 9.97. The van der Waals surface area contributed by atoms with Gasteiger partial charge in [0.15, 0.2) is 0 Å². The van der Waals surface area contributed by atoms with E-state index in [0.29, 0.717) is 38.4 Å². The third-order valence-electron chi connectivity index (χ3n) is 6.04. The predicted octanol–water partition coefficient (Wildman–Crippen LogP) is 3.12. The van der Waals surface area contributed by atoms with Gasteiger partial charge in [0.1, 0.15) is 11.6 Å². The molecule has 1 N–H and O–H groups in total. The zero-order chi connectivity index (χ0) is 21.3. The predicted molar refractivity (Wildman–Crippen MR) is 113 cm³/mol. The molecular weight excluding hydrogens is 388 g/mol. The molecule has 30 heavy (non-hydrogen) atoms. The molecule has 1 unspecified atom stereocenters. The highest BCUT2D eigenvalue weighted by atomic mass is 19.1. The van der Waals surface area contributed by atoms with Gasteiger partial charge in [-0.25, -0.2) is 8.78 Å². The Morgan fingerprint density at radius 1 is 1.03 bits per heavy atom. The van der Waals surface area contributed by atoms with Gasteiger partial charge in [0.2, 0.25) is 5.91 Å². The summed E-state index contributed by atoms with van der Waals surface area (Å²) in [4.78, 5) is 17.7. The molecule has 0 aliphatic carbocycles. The van der Waals surface area contributed by atoms with Crippen LogP contribution in [0.4, 0.5) is 20.2 Å². The van der Waals surface area contributed by atoms with Gasteiger partial charge in [-0.05, 0) is 42.2 Å². The molecule has 0 spiro atoms. The van der Waals surface area contributed by atoms with E-state index < -0.39 is 17.7 Å². The number of halogens is 2. The van der Waals surface area contributed by atoms with Crippen LogP contribution in [-0.4, -0.2) is 55.2 Å². The lowest BCUT2D eigenvalue weighted by molar-refractivity contribution is -0.116. The average molecular weight is 415 g/mol. The molecule has 2 heterocycles. The van der Waals surface area contributed by atoms with Crippen LogP contribution < -0.4 is 9.80 Å². The van der Waals surface area contributed by atoms with E-state index in [-0.39, 0.29) is 5.91 Å². The van der Waals surface area contributed by atoms with Gasteiger partial charge in [0.05, 0.1) is 11.8 Å². The topological polar surface area (TPSA) is 47.0 Å². The standard InChI is InChI=1S/C23H27F2N3O2/c1-16(29)28-8-2-3-17-13-18(4-6-21(17)28)23(30)15-26-9-11-27(12-10-26)22-7-5-19(24)14-20(22)25/h4-7,13-14,23,30H,2-3,8-12,15H2,1H3. The molecule has 4 rings (SSSR count). The summed E-state index contributed by atoms with van der Waals surface area (Å²) in [6, 6.07) is 9.51. The van der Waals surface area contributed by atoms with Crippen LogP contribution in [0, 0.1) is 11.6 Å². The van der Waals surface area contributed by atoms with Crippen molar-refractivity contribution in [2.75, 3.05) is 49.1 Å². The fourth-order valence-electron chi connectivity index (χ4n) is 4.41. The minimum atomic E-state index is -0.628. The van der Waals surface area contributed by atoms with Gasteiger partial charge in [0.25, 0.3) is 0 Å². The fourth-order valence-corrected chi connectivity index (χ4v) is 4.41. The van der Waals surface area contributed by atoms with Crippen LogP contribution in [-0.2, 0) is 11.2 Å². The van der Waals surface area contributed by atoms with Crippen LogP contribution in [0.2, 0.25) is 0 Å². The number of carbonyl (C=O) groups is 1. The largest absolute Gasteiger partial charge is 0.387 e. The molecule has 2 aromatic carbocycles. The molecule has 7 heteroatoms. The smallest absolute Gasteiger partial charge is 0.223 e. The lowest BCUT2D eigenvalue weighted by Gasteiger charge is -2.37. The van der Waals surface area contributed by atoms with Crippen molar-refractivity contribution in [1.29, 1.82) is 0 Å². The molecule has 1 saturated heterocycles. The summed E-state index contributed by atoms with van der Waals surface area (Å²) in [7, 11) is 0. The van der Waals surface area contributed by atoms with E-state index in [1.54, 1.807) is 11.8 Å². The van der Waals surface area contributed by atoms with Gasteiger partial charge >= 0.3 is 0 Å². The minimum absolute atomic E-state index is 0.0414. The Kier molecular flexibility index (Phi) is 6.01. The summed E-state index contributed by atoms with van der Waals surface area (Å²) in [5.41, 5.74) is 3.32. The SMILES string of the molecule is CC(=O)N1CCCc2cc(C(O)CN3CCN(c4ccc(F)cc4F)CC3)ccc21. The van der Waals surface area contributed by atoms with E-state index in [0.717, 1.165) is 42.3 Å². The maximum absolute atomic E-state index is 14.0. The van der Waals surface area contributed by atoms with E-state index in [1.165, 1.54) is 12.1 Å². The lowest BCUT2D eigenvalue weighted by Crippen LogP contribution is -2.47. The maximum Gasteiger partial charge on any atom is 0.223 e. The zero-order valence-corrected chi connectivity index (χ0v) is 17.2. The van der Waals surface area contributed by atoms with Crippen LogP contribution in [0.25, 0.3) is 0 Å². The molecule has 0 bridgehead atoms. The van der Waals surface area contributed by atoms with Crippen molar-refractivity contribution in [3.8, 4) is 0 Å². The van der Waals surface area contributed by atoms with Gasteiger partial charge in [0, 0.05) is 57.9 Å². The van der Waals surface area contributed by atoms with E-state index in [1.807, 2.05) is 23.1 Å². The minimum Gasteiger partial charge on any atom is -0.387 e. The van der Waals surface area contributed by atoms with Crippen molar-refractivity contribution in [2.24, 2.45) is 0 Å². The monoisotopic (exact) mass is 415 g/mol. The molecular formula is C23H27F2N3O2. The molecule has 0 aromatic heterocycles. The zero-order valence-electron chi connectivity index (χ0n) is 17.2. The highest BCUT2D eigenvalue weighted by Gasteiger charge is 2.24. The summed E-state index contributed by atoms with van der Waals surface area (Å²) >= 11 is 0. The van der Waals surface area contributed by atoms with Crippen LogP contribution in [0.1, 0.15) is 30.6 Å². The molecule has 2 aromatic rings. The molecule has 1 amide bonds. The Bertz CT molecular complexity index is 929. The maximum atomic E-state index is 14.0. The summed E-state index contributed by atoms with van der Waals surface area (Å²) in [5, 5.41) is 10.8. The van der Waals surface area contributed by atoms with Crippen molar-refractivity contribution < 1.29 is 18.7 Å². The summed E-state index contributed by atoms with van der Waals surface area (Å²) in [5.74, 6) is -1.08. The normalized spacial score (nSPS) is 18.3. The molecule has 160 valence electrons. The van der Waals surface area contributed by atoms with Crippen LogP contribution in [0.3, 0.4) is 0 Å². The number of anilines is 2. The van der Waals surface area contributed by atoms with Crippen molar-refractivity contribution in [3.05, 3.63) is 59.2 Å². The van der Waals surface area contributed by atoms with E-state index in [9.17, 15) is 18.7 Å². The van der Waals surface area contributed by atoms with Crippen molar-refractivity contribution in [3.63, 3.8) is 0 Å². The first kappa shape index (κ1) is 20.8. The Morgan fingerprint density at radius 3 is 2.47 bits per heavy atom. The molecule has 2 aliphatic heterocycles. The van der Waals surface area contributed by atoms with E-state index >= 15 is 0 Å². The molecule has 2 aliphatic rings. The molecule has 1 atom stereocenters. The van der Waals surface area contributed by atoms with Crippen LogP contribution >= 0.6 is 0 Å². The number of hydrogen-bond donors (Lipinski definition) is 1. The second-order valence-electron chi connectivity index (χ2n) is 8.06. The third kappa shape index (κ3) is 4.32. The quantitative estimate of drug-likeness (QED) is 0.834. The summed E-state index contributed by atoms with van der Waals surface area (Å²) in [6.45, 7) is 5.43. The first-order chi connectivity index (χ1) is 14.4. The summed E-state index contributed by atoms with van der Waals surface area (Å²) < 4.78 is 27.2. The number of hydrogen-bond acceptors (Lipinski definition) is 4. The van der Waals surface area contributed by atoms with Gasteiger partial charge in [-0.1, -0.05) is 12.1 Å². The Balaban J connectivity index is 1.37. The first-order valence-electron chi connectivity index (χ1n) is 10.4. The molecule has 5 nitrogen and oxygen atoms in total. The molecule has 1 fully saturated rings. The first-order valence-corrected chi connectivity index (χ1v) is 10.4. The van der Waals surface area contributed by atoms with Crippen molar-refractivity contribution in [2.45, 2.75) is 25.9 Å². The number of aliphatic hydroxyl groups excluding tert-OH is 1. The highest BCUT2D eigenvalue weighted by Crippen LogP contribution is 2.30. The highest BCUT2D eigenvalue weighted by molar-refractivity contribution is 5.92. The number of carbonyl (C=O) groups excluding carboxylic acids is 1. The van der Waals surface area contributed by atoms with Gasteiger partial charge in [-0.15, -0.1) is 0 Å². The van der Waals surface area contributed by atoms with E-state index in [2.05, 4.69) is 4.90 Å². The number of aliphatic hydroxyl groups is 1. The Morgan fingerprint density at radius 2 is 1.77 bits per heavy atom. The van der Waals surface area contributed by atoms with E-state index in [4.69, 9.17) is 0 Å². The van der Waals surface area contributed by atoms with Crippen molar-refractivity contribution in [1.82, 2.24) is 4.90 Å². The molecule has 0 radical (unpaired) electrons. The van der Waals surface area contributed by atoms with Gasteiger partial charge in [-0.2, -0.15) is 0 Å². The number of nitrogens with zero attached hydrogens (tertiary/aromatic N) is 3. The third-order valence-corrected chi connectivity index (χ3v) is 6.04. The average Bonchev–Trinajstić information content (AvgIpc) is 2.73. The number of piperazine rings is 1. The number of benzene rings is 2.